The normalized spacial score (nSPS) is 19.7. The van der Waals surface area contributed by atoms with Crippen molar-refractivity contribution >= 4 is 0 Å². The van der Waals surface area contributed by atoms with Crippen molar-refractivity contribution in [3.8, 4) is 5.82 Å². The summed E-state index contributed by atoms with van der Waals surface area (Å²) < 4.78 is 14.7. The van der Waals surface area contributed by atoms with Crippen LogP contribution in [0.15, 0.2) is 30.9 Å². The largest absolute Gasteiger partial charge is 0.309 e. The van der Waals surface area contributed by atoms with Gasteiger partial charge in [0.25, 0.3) is 0 Å². The Morgan fingerprint density at radius 3 is 3.00 bits per heavy atom. The zero-order valence-corrected chi connectivity index (χ0v) is 9.31. The lowest BCUT2D eigenvalue weighted by Gasteiger charge is -2.12. The molecule has 1 atom stereocenters. The molecule has 88 valence electrons. The molecule has 0 aromatic carbocycles. The first-order valence-corrected chi connectivity index (χ1v) is 5.72. The lowest BCUT2D eigenvalue weighted by atomic mass is 10.2. The maximum absolute atomic E-state index is 12.8. The number of hydrogen-bond donors (Lipinski definition) is 1. The fraction of sp³-hybridized carbons (Fsp3) is 0.333. The van der Waals surface area contributed by atoms with Gasteiger partial charge in [0, 0.05) is 6.04 Å². The van der Waals surface area contributed by atoms with Crippen LogP contribution >= 0.6 is 0 Å². The molecule has 5 heteroatoms. The first-order chi connectivity index (χ1) is 8.34. The highest BCUT2D eigenvalue weighted by molar-refractivity contribution is 5.26. The van der Waals surface area contributed by atoms with Crippen LogP contribution in [0.5, 0.6) is 0 Å². The molecule has 3 rings (SSSR count). The molecule has 0 bridgehead atoms. The van der Waals surface area contributed by atoms with Crippen molar-refractivity contribution in [3.63, 3.8) is 0 Å². The van der Waals surface area contributed by atoms with Crippen molar-refractivity contribution < 1.29 is 4.39 Å². The van der Waals surface area contributed by atoms with E-state index >= 15 is 0 Å². The number of hydrogen-bond acceptors (Lipinski definition) is 3. The minimum Gasteiger partial charge on any atom is -0.309 e. The smallest absolute Gasteiger partial charge is 0.141 e. The Morgan fingerprint density at radius 2 is 2.29 bits per heavy atom. The van der Waals surface area contributed by atoms with Crippen LogP contribution < -0.4 is 5.32 Å². The lowest BCUT2D eigenvalue weighted by Crippen LogP contribution is -2.16. The third kappa shape index (κ3) is 1.93. The second-order valence-electron chi connectivity index (χ2n) is 4.17. The van der Waals surface area contributed by atoms with E-state index in [1.54, 1.807) is 12.4 Å². The van der Waals surface area contributed by atoms with Crippen LogP contribution in [0.25, 0.3) is 5.82 Å². The Morgan fingerprint density at radius 1 is 1.35 bits per heavy atom. The summed E-state index contributed by atoms with van der Waals surface area (Å²) in [4.78, 5) is 8.23. The number of pyridine rings is 1. The van der Waals surface area contributed by atoms with Gasteiger partial charge in [0.2, 0.25) is 0 Å². The Balaban J connectivity index is 1.97. The highest BCUT2D eigenvalue weighted by atomic mass is 19.1. The van der Waals surface area contributed by atoms with Crippen molar-refractivity contribution in [1.29, 1.82) is 0 Å². The molecule has 2 aromatic heterocycles. The van der Waals surface area contributed by atoms with Crippen LogP contribution in [0.2, 0.25) is 0 Å². The van der Waals surface area contributed by atoms with E-state index in [9.17, 15) is 4.39 Å². The fourth-order valence-electron chi connectivity index (χ4n) is 2.20. The molecule has 0 spiro atoms. The number of imidazole rings is 1. The molecule has 1 fully saturated rings. The maximum atomic E-state index is 12.8. The molecule has 4 nitrogen and oxygen atoms in total. The first kappa shape index (κ1) is 10.4. The summed E-state index contributed by atoms with van der Waals surface area (Å²) in [5, 5.41) is 3.42. The topological polar surface area (TPSA) is 42.7 Å². The Bertz CT molecular complexity index is 499. The third-order valence-electron chi connectivity index (χ3n) is 3.04. The minimum absolute atomic E-state index is 0.323. The summed E-state index contributed by atoms with van der Waals surface area (Å²) in [6.45, 7) is 1.03. The molecule has 0 saturated carbocycles. The second-order valence-corrected chi connectivity index (χ2v) is 4.17. The van der Waals surface area contributed by atoms with Gasteiger partial charge in [-0.25, -0.2) is 14.4 Å². The molecule has 1 aliphatic rings. The average Bonchev–Trinajstić information content (AvgIpc) is 3.00. The molecule has 1 N–H and O–H groups in total. The van der Waals surface area contributed by atoms with E-state index in [0.29, 0.717) is 11.9 Å². The summed E-state index contributed by atoms with van der Waals surface area (Å²) >= 11 is 0. The number of nitrogens with zero attached hydrogens (tertiary/aromatic N) is 3. The van der Waals surface area contributed by atoms with E-state index in [1.165, 1.54) is 18.7 Å². The van der Waals surface area contributed by atoms with Crippen molar-refractivity contribution in [3.05, 3.63) is 42.4 Å². The van der Waals surface area contributed by atoms with Gasteiger partial charge in [-0.15, -0.1) is 0 Å². The fourth-order valence-corrected chi connectivity index (χ4v) is 2.20. The number of nitrogens with one attached hydrogen (secondary N) is 1. The third-order valence-corrected chi connectivity index (χ3v) is 3.04. The van der Waals surface area contributed by atoms with Crippen LogP contribution in [-0.4, -0.2) is 21.1 Å². The predicted molar refractivity (Wildman–Crippen MR) is 61.3 cm³/mol. The average molecular weight is 232 g/mol. The number of rotatable bonds is 2. The van der Waals surface area contributed by atoms with Crippen molar-refractivity contribution in [2.75, 3.05) is 6.54 Å². The van der Waals surface area contributed by atoms with E-state index in [-0.39, 0.29) is 5.82 Å². The number of halogens is 1. The van der Waals surface area contributed by atoms with E-state index in [0.717, 1.165) is 18.7 Å². The van der Waals surface area contributed by atoms with Gasteiger partial charge >= 0.3 is 0 Å². The molecule has 17 heavy (non-hydrogen) atoms. The SMILES string of the molecule is Fc1ccc(-n2cncc2[C@@H]2CCCN2)nc1. The summed E-state index contributed by atoms with van der Waals surface area (Å²) in [5.41, 5.74) is 1.08. The Hall–Kier alpha value is -1.75. The molecular weight excluding hydrogens is 219 g/mol. The molecule has 0 radical (unpaired) electrons. The predicted octanol–water partition coefficient (Wildman–Crippen LogP) is 1.83. The maximum Gasteiger partial charge on any atom is 0.141 e. The molecule has 2 aromatic rings. The second kappa shape index (κ2) is 4.25. The molecular formula is C12H13FN4. The highest BCUT2D eigenvalue weighted by Gasteiger charge is 2.20. The molecule has 1 aliphatic heterocycles. The van der Waals surface area contributed by atoms with E-state index in [1.807, 2.05) is 10.8 Å². The van der Waals surface area contributed by atoms with Gasteiger partial charge in [0.1, 0.15) is 18.0 Å². The zero-order chi connectivity index (χ0) is 11.7. The summed E-state index contributed by atoms with van der Waals surface area (Å²) in [6.07, 6.45) is 7.06. The van der Waals surface area contributed by atoms with Crippen molar-refractivity contribution in [1.82, 2.24) is 19.9 Å². The van der Waals surface area contributed by atoms with Gasteiger partial charge in [-0.1, -0.05) is 0 Å². The van der Waals surface area contributed by atoms with Crippen LogP contribution in [0.4, 0.5) is 4.39 Å². The molecule has 0 amide bonds. The summed E-state index contributed by atoms with van der Waals surface area (Å²) in [7, 11) is 0. The molecule has 3 heterocycles. The van der Waals surface area contributed by atoms with Crippen LogP contribution in [-0.2, 0) is 0 Å². The van der Waals surface area contributed by atoms with E-state index in [4.69, 9.17) is 0 Å². The molecule has 0 aliphatic carbocycles. The van der Waals surface area contributed by atoms with Crippen molar-refractivity contribution in [2.45, 2.75) is 18.9 Å². The highest BCUT2D eigenvalue weighted by Crippen LogP contribution is 2.24. The zero-order valence-electron chi connectivity index (χ0n) is 9.31. The summed E-state index contributed by atoms with van der Waals surface area (Å²) in [6, 6.07) is 3.40. The Labute approximate surface area is 98.5 Å². The quantitative estimate of drug-likeness (QED) is 0.859. The summed E-state index contributed by atoms with van der Waals surface area (Å²) in [5.74, 6) is 0.377. The van der Waals surface area contributed by atoms with Gasteiger partial charge in [-0.3, -0.25) is 4.57 Å². The molecule has 1 saturated heterocycles. The minimum atomic E-state index is -0.325. The van der Waals surface area contributed by atoms with Gasteiger partial charge < -0.3 is 5.32 Å². The molecule has 0 unspecified atom stereocenters. The lowest BCUT2D eigenvalue weighted by molar-refractivity contribution is 0.606. The monoisotopic (exact) mass is 232 g/mol. The first-order valence-electron chi connectivity index (χ1n) is 5.72. The van der Waals surface area contributed by atoms with Crippen molar-refractivity contribution in [2.24, 2.45) is 0 Å². The van der Waals surface area contributed by atoms with Crippen LogP contribution in [0, 0.1) is 5.82 Å². The van der Waals surface area contributed by atoms with Gasteiger partial charge in [-0.2, -0.15) is 0 Å². The van der Waals surface area contributed by atoms with Gasteiger partial charge in [0.15, 0.2) is 0 Å². The van der Waals surface area contributed by atoms with Gasteiger partial charge in [-0.05, 0) is 31.5 Å². The standard InChI is InChI=1S/C12H13FN4/c13-9-3-4-12(16-6-9)17-8-14-7-11(17)10-2-1-5-15-10/h3-4,6-8,10,15H,1-2,5H2/t10-/m0/s1. The van der Waals surface area contributed by atoms with Crippen LogP contribution in [0.3, 0.4) is 0 Å². The van der Waals surface area contributed by atoms with E-state index < -0.39 is 0 Å². The van der Waals surface area contributed by atoms with E-state index in [2.05, 4.69) is 15.3 Å². The number of aromatic nitrogens is 3. The Kier molecular flexibility index (Phi) is 2.60. The van der Waals surface area contributed by atoms with Crippen LogP contribution in [0.1, 0.15) is 24.6 Å². The van der Waals surface area contributed by atoms with Gasteiger partial charge in [0.05, 0.1) is 18.1 Å².